The van der Waals surface area contributed by atoms with Crippen LogP contribution in [0.5, 0.6) is 0 Å². The van der Waals surface area contributed by atoms with Gasteiger partial charge in [-0.15, -0.1) is 0 Å². The molecule has 0 bridgehead atoms. The van der Waals surface area contributed by atoms with E-state index in [0.717, 1.165) is 6.42 Å². The van der Waals surface area contributed by atoms with Crippen LogP contribution in [-0.4, -0.2) is 13.7 Å². The van der Waals surface area contributed by atoms with Gasteiger partial charge in [0, 0.05) is 49.4 Å². The van der Waals surface area contributed by atoms with Gasteiger partial charge < -0.3 is 13.7 Å². The normalized spacial score (nSPS) is 13.0. The maximum absolute atomic E-state index is 2.46. The molecule has 0 radical (unpaired) electrons. The number of para-hydroxylation sites is 4. The lowest BCUT2D eigenvalue weighted by Gasteiger charge is -2.23. The molecule has 3 nitrogen and oxygen atoms in total. The quantitative estimate of drug-likeness (QED) is 0.165. The first-order valence-electron chi connectivity index (χ1n) is 19.0. The van der Waals surface area contributed by atoms with E-state index in [2.05, 4.69) is 199 Å². The Morgan fingerprint density at radius 2 is 0.736 bits per heavy atom. The van der Waals surface area contributed by atoms with E-state index in [4.69, 9.17) is 0 Å². The van der Waals surface area contributed by atoms with Crippen LogP contribution < -0.4 is 0 Å². The largest absolute Gasteiger partial charge is 0.309 e. The first-order valence-corrected chi connectivity index (χ1v) is 19.0. The Morgan fingerprint density at radius 1 is 0.396 bits per heavy atom. The Hall–Kier alpha value is -6.06. The molecule has 0 fully saturated rings. The highest BCUT2D eigenvalue weighted by molar-refractivity contribution is 6.14. The van der Waals surface area contributed by atoms with Gasteiger partial charge in [0.1, 0.15) is 0 Å². The molecule has 258 valence electrons. The van der Waals surface area contributed by atoms with E-state index in [0.29, 0.717) is 11.3 Å². The first-order chi connectivity index (χ1) is 25.8. The van der Waals surface area contributed by atoms with Crippen molar-refractivity contribution in [1.82, 2.24) is 13.7 Å². The van der Waals surface area contributed by atoms with Crippen LogP contribution in [-0.2, 0) is 6.42 Å². The van der Waals surface area contributed by atoms with Gasteiger partial charge in [0.2, 0.25) is 0 Å². The second-order valence-electron chi connectivity index (χ2n) is 16.2. The summed E-state index contributed by atoms with van der Waals surface area (Å²) in [4.78, 5) is 0. The van der Waals surface area contributed by atoms with Crippen molar-refractivity contribution in [2.45, 2.75) is 40.5 Å². The molecule has 3 aromatic heterocycles. The average molecular weight is 686 g/mol. The third-order valence-corrected chi connectivity index (χ3v) is 11.1. The average Bonchev–Trinajstić information content (AvgIpc) is 3.80. The molecule has 3 heterocycles. The van der Waals surface area contributed by atoms with Gasteiger partial charge in [-0.25, -0.2) is 0 Å². The van der Waals surface area contributed by atoms with E-state index in [-0.39, 0.29) is 0 Å². The molecule has 53 heavy (non-hydrogen) atoms. The van der Waals surface area contributed by atoms with E-state index in [1.165, 1.54) is 94.5 Å². The van der Waals surface area contributed by atoms with Gasteiger partial charge in [0.05, 0.1) is 33.1 Å². The van der Waals surface area contributed by atoms with Gasteiger partial charge >= 0.3 is 0 Å². The minimum absolute atomic E-state index is 0.332. The standard InChI is InChI=1S/C50H43N3/c1-33(32-50(2,3)4)29-34-21-23-35(24-22-34)51-48-27-25-36(52-44-17-9-5-13-38(44)39-14-6-10-18-45(39)52)30-42(48)43-31-37(26-28-49(43)51)53-46-19-11-7-15-40(46)41-16-8-12-20-47(41)53/h5-28,30-31,33H,29,32H2,1-4H3. The maximum Gasteiger partial charge on any atom is 0.0542 e. The third kappa shape index (κ3) is 5.17. The molecule has 0 saturated carbocycles. The van der Waals surface area contributed by atoms with Crippen LogP contribution in [0, 0.1) is 11.3 Å². The van der Waals surface area contributed by atoms with Crippen molar-refractivity contribution in [2.75, 3.05) is 0 Å². The van der Waals surface area contributed by atoms with Gasteiger partial charge in [-0.05, 0) is 103 Å². The molecule has 10 rings (SSSR count). The minimum Gasteiger partial charge on any atom is -0.309 e. The summed E-state index contributed by atoms with van der Waals surface area (Å²) >= 11 is 0. The second-order valence-corrected chi connectivity index (χ2v) is 16.2. The van der Waals surface area contributed by atoms with Crippen molar-refractivity contribution in [3.63, 3.8) is 0 Å². The fourth-order valence-corrected chi connectivity index (χ4v) is 9.26. The summed E-state index contributed by atoms with van der Waals surface area (Å²) < 4.78 is 7.31. The number of nitrogens with zero attached hydrogens (tertiary/aromatic N) is 3. The highest BCUT2D eigenvalue weighted by Crippen LogP contribution is 2.39. The zero-order chi connectivity index (χ0) is 35.8. The van der Waals surface area contributed by atoms with Crippen LogP contribution >= 0.6 is 0 Å². The second kappa shape index (κ2) is 12.0. The van der Waals surface area contributed by atoms with E-state index in [9.17, 15) is 0 Å². The van der Waals surface area contributed by atoms with Crippen molar-refractivity contribution in [1.29, 1.82) is 0 Å². The van der Waals surface area contributed by atoms with Gasteiger partial charge in [-0.2, -0.15) is 0 Å². The van der Waals surface area contributed by atoms with Gasteiger partial charge in [-0.1, -0.05) is 113 Å². The highest BCUT2D eigenvalue weighted by Gasteiger charge is 2.20. The van der Waals surface area contributed by atoms with Crippen LogP contribution in [0.3, 0.4) is 0 Å². The Bertz CT molecular complexity index is 2720. The van der Waals surface area contributed by atoms with Gasteiger partial charge in [0.25, 0.3) is 0 Å². The number of fused-ring (bicyclic) bond motifs is 9. The fourth-order valence-electron chi connectivity index (χ4n) is 9.26. The summed E-state index contributed by atoms with van der Waals surface area (Å²) in [7, 11) is 0. The van der Waals surface area contributed by atoms with Crippen molar-refractivity contribution < 1.29 is 0 Å². The summed E-state index contributed by atoms with van der Waals surface area (Å²) in [6.07, 6.45) is 2.30. The molecule has 7 aromatic carbocycles. The molecule has 0 aliphatic heterocycles. The Morgan fingerprint density at radius 3 is 1.13 bits per heavy atom. The molecule has 0 aliphatic carbocycles. The van der Waals surface area contributed by atoms with Gasteiger partial charge in [0.15, 0.2) is 0 Å². The number of rotatable bonds is 6. The van der Waals surface area contributed by atoms with Crippen molar-refractivity contribution >= 4 is 65.4 Å². The van der Waals surface area contributed by atoms with E-state index >= 15 is 0 Å². The molecule has 0 spiro atoms. The van der Waals surface area contributed by atoms with Crippen LogP contribution in [0.2, 0.25) is 0 Å². The number of benzene rings is 7. The predicted molar refractivity (Wildman–Crippen MR) is 226 cm³/mol. The summed E-state index contributed by atoms with van der Waals surface area (Å²) in [6.45, 7) is 9.41. The Balaban J connectivity index is 1.20. The molecule has 10 aromatic rings. The van der Waals surface area contributed by atoms with Crippen LogP contribution in [0.25, 0.3) is 82.5 Å². The fraction of sp³-hybridized carbons (Fsp3) is 0.160. The first kappa shape index (κ1) is 31.7. The SMILES string of the molecule is CC(Cc1ccc(-n2c3ccc(-n4c5ccccc5c5ccccc54)cc3c3cc(-n4c5ccccc5c5ccccc54)ccc32)cc1)CC(C)(C)C. The highest BCUT2D eigenvalue weighted by atomic mass is 15.0. The summed E-state index contributed by atoms with van der Waals surface area (Å²) in [5, 5.41) is 7.58. The summed E-state index contributed by atoms with van der Waals surface area (Å²) in [6, 6.07) is 58.5. The zero-order valence-corrected chi connectivity index (χ0v) is 30.8. The lowest BCUT2D eigenvalue weighted by molar-refractivity contribution is 0.306. The lowest BCUT2D eigenvalue weighted by Crippen LogP contribution is -2.12. The summed E-state index contributed by atoms with van der Waals surface area (Å²) in [5.74, 6) is 0.632. The van der Waals surface area contributed by atoms with Gasteiger partial charge in [-0.3, -0.25) is 0 Å². The molecule has 0 saturated heterocycles. The Labute approximate surface area is 310 Å². The molecule has 3 heteroatoms. The smallest absolute Gasteiger partial charge is 0.0542 e. The van der Waals surface area contributed by atoms with Crippen molar-refractivity contribution in [2.24, 2.45) is 11.3 Å². The number of hydrogen-bond donors (Lipinski definition) is 0. The topological polar surface area (TPSA) is 14.8 Å². The Kier molecular flexibility index (Phi) is 7.17. The van der Waals surface area contributed by atoms with Crippen LogP contribution in [0.15, 0.2) is 158 Å². The van der Waals surface area contributed by atoms with Crippen molar-refractivity contribution in [3.05, 3.63) is 163 Å². The molecule has 1 atom stereocenters. The zero-order valence-electron chi connectivity index (χ0n) is 30.8. The number of aromatic nitrogens is 3. The predicted octanol–water partition coefficient (Wildman–Crippen LogP) is 13.6. The third-order valence-electron chi connectivity index (χ3n) is 11.1. The molecule has 1 unspecified atom stereocenters. The maximum atomic E-state index is 2.46. The van der Waals surface area contributed by atoms with Crippen LogP contribution in [0.4, 0.5) is 0 Å². The van der Waals surface area contributed by atoms with E-state index in [1.54, 1.807) is 0 Å². The molecule has 0 amide bonds. The van der Waals surface area contributed by atoms with Crippen LogP contribution in [0.1, 0.15) is 39.7 Å². The molecular formula is C50H43N3. The minimum atomic E-state index is 0.332. The molecule has 0 N–H and O–H groups in total. The van der Waals surface area contributed by atoms with E-state index < -0.39 is 0 Å². The van der Waals surface area contributed by atoms with E-state index in [1.807, 2.05) is 0 Å². The molecule has 0 aliphatic rings. The lowest BCUT2D eigenvalue weighted by atomic mass is 9.83. The summed E-state index contributed by atoms with van der Waals surface area (Å²) in [5.41, 5.74) is 12.5. The molecular weight excluding hydrogens is 643 g/mol. The van der Waals surface area contributed by atoms with Crippen molar-refractivity contribution in [3.8, 4) is 17.1 Å². The monoisotopic (exact) mass is 685 g/mol. The number of hydrogen-bond acceptors (Lipinski definition) is 0.